The van der Waals surface area contributed by atoms with Crippen molar-refractivity contribution in [1.29, 1.82) is 0 Å². The second kappa shape index (κ2) is 11.3. The molecule has 3 rings (SSSR count). The van der Waals surface area contributed by atoms with Crippen LogP contribution in [0.4, 0.5) is 19.0 Å². The molecular weight excluding hydrogens is 459 g/mol. The first-order valence-corrected chi connectivity index (χ1v) is 11.6. The number of halogens is 3. The lowest BCUT2D eigenvalue weighted by Gasteiger charge is -2.19. The van der Waals surface area contributed by atoms with E-state index in [0.29, 0.717) is 35.4 Å². The van der Waals surface area contributed by atoms with Crippen molar-refractivity contribution in [1.82, 2.24) is 19.5 Å². The second-order valence-corrected chi connectivity index (χ2v) is 8.82. The van der Waals surface area contributed by atoms with E-state index >= 15 is 0 Å². The number of aryl methyl sites for hydroxylation is 1. The molecule has 188 valence electrons. The number of benzene rings is 1. The number of anilines is 1. The standard InChI is InChI=1S/C25H30F3N5O2/c1-5-6-7-19-13-23(31-21(17(4)34)12-16(2)3)32-24(30-19)33-14-22(29-15-33)18-8-10-20(11-9-18)35-25(26,27)28/h8-11,13-16,21H,5-7,12H2,1-4H3,(H,30,31,32). The molecule has 2 aromatic heterocycles. The van der Waals surface area contributed by atoms with Gasteiger partial charge in [-0.15, -0.1) is 13.2 Å². The Balaban J connectivity index is 1.88. The second-order valence-electron chi connectivity index (χ2n) is 8.82. The smallest absolute Gasteiger partial charge is 0.406 e. The number of alkyl halides is 3. The molecule has 0 amide bonds. The maximum atomic E-state index is 12.4. The summed E-state index contributed by atoms with van der Waals surface area (Å²) in [6, 6.07) is 7.00. The van der Waals surface area contributed by atoms with Crippen molar-refractivity contribution < 1.29 is 22.7 Å². The van der Waals surface area contributed by atoms with Crippen LogP contribution in [0.1, 0.15) is 52.7 Å². The molecule has 0 aliphatic heterocycles. The van der Waals surface area contributed by atoms with E-state index in [1.807, 2.05) is 6.07 Å². The Morgan fingerprint density at radius 3 is 2.49 bits per heavy atom. The van der Waals surface area contributed by atoms with Crippen molar-refractivity contribution in [2.45, 2.75) is 65.8 Å². The fraction of sp³-hybridized carbons (Fsp3) is 0.440. The minimum absolute atomic E-state index is 0.0387. The number of carbonyl (C=O) groups is 1. The number of nitrogens with zero attached hydrogens (tertiary/aromatic N) is 4. The van der Waals surface area contributed by atoms with Crippen LogP contribution in [-0.4, -0.2) is 37.7 Å². The quantitative estimate of drug-likeness (QED) is 0.357. The van der Waals surface area contributed by atoms with Crippen LogP contribution in [0.3, 0.4) is 0 Å². The van der Waals surface area contributed by atoms with E-state index in [2.05, 4.69) is 45.8 Å². The van der Waals surface area contributed by atoms with Gasteiger partial charge >= 0.3 is 6.36 Å². The van der Waals surface area contributed by atoms with Crippen LogP contribution in [0.25, 0.3) is 17.2 Å². The first kappa shape index (κ1) is 26.2. The summed E-state index contributed by atoms with van der Waals surface area (Å²) < 4.78 is 42.8. The number of nitrogens with one attached hydrogen (secondary N) is 1. The van der Waals surface area contributed by atoms with Gasteiger partial charge in [0.2, 0.25) is 5.95 Å². The van der Waals surface area contributed by atoms with E-state index in [0.717, 1.165) is 25.0 Å². The van der Waals surface area contributed by atoms with Gasteiger partial charge in [0, 0.05) is 23.5 Å². The highest BCUT2D eigenvalue weighted by Crippen LogP contribution is 2.26. The number of hydrogen-bond donors (Lipinski definition) is 1. The van der Waals surface area contributed by atoms with E-state index < -0.39 is 6.36 Å². The molecule has 0 fully saturated rings. The molecule has 0 saturated carbocycles. The number of unbranched alkanes of at least 4 members (excludes halogenated alkanes) is 1. The Labute approximate surface area is 202 Å². The van der Waals surface area contributed by atoms with E-state index in [9.17, 15) is 18.0 Å². The average Bonchev–Trinajstić information content (AvgIpc) is 3.26. The predicted molar refractivity (Wildman–Crippen MR) is 127 cm³/mol. The SMILES string of the molecule is CCCCc1cc(NC(CC(C)C)C(C)=O)nc(-n2cnc(-c3ccc(OC(F)(F)F)cc3)c2)n1. The third-order valence-electron chi connectivity index (χ3n) is 5.27. The predicted octanol–water partition coefficient (Wildman–Crippen LogP) is 5.99. The number of aromatic nitrogens is 4. The van der Waals surface area contributed by atoms with E-state index in [4.69, 9.17) is 0 Å². The van der Waals surface area contributed by atoms with Gasteiger partial charge in [-0.1, -0.05) is 27.2 Å². The molecule has 3 aromatic rings. The van der Waals surface area contributed by atoms with Crippen molar-refractivity contribution >= 4 is 11.6 Å². The summed E-state index contributed by atoms with van der Waals surface area (Å²) in [6.45, 7) is 7.78. The van der Waals surface area contributed by atoms with Crippen molar-refractivity contribution in [3.8, 4) is 23.0 Å². The zero-order valence-electron chi connectivity index (χ0n) is 20.3. The number of ketones is 1. The van der Waals surface area contributed by atoms with Gasteiger partial charge in [-0.05, 0) is 56.4 Å². The highest BCUT2D eigenvalue weighted by molar-refractivity contribution is 5.84. The third kappa shape index (κ3) is 7.80. The molecule has 0 bridgehead atoms. The Kier molecular flexibility index (Phi) is 8.48. The molecule has 0 aliphatic carbocycles. The molecule has 2 heterocycles. The van der Waals surface area contributed by atoms with Crippen LogP contribution in [0, 0.1) is 5.92 Å². The molecule has 1 atom stereocenters. The molecule has 0 aliphatic rings. The number of Topliss-reactive ketones (excluding diaryl/α,β-unsaturated/α-hetero) is 1. The Hall–Kier alpha value is -3.43. The fourth-order valence-electron chi connectivity index (χ4n) is 3.54. The summed E-state index contributed by atoms with van der Waals surface area (Å²) in [5.74, 6) is 1.03. The van der Waals surface area contributed by atoms with Gasteiger partial charge in [0.1, 0.15) is 17.9 Å². The maximum absolute atomic E-state index is 12.4. The number of hydrogen-bond acceptors (Lipinski definition) is 6. The van der Waals surface area contributed by atoms with Gasteiger partial charge in [-0.2, -0.15) is 4.98 Å². The Morgan fingerprint density at radius 1 is 1.17 bits per heavy atom. The van der Waals surface area contributed by atoms with E-state index in [-0.39, 0.29) is 17.6 Å². The zero-order valence-corrected chi connectivity index (χ0v) is 20.3. The third-order valence-corrected chi connectivity index (χ3v) is 5.27. The molecule has 0 saturated heterocycles. The maximum Gasteiger partial charge on any atom is 0.573 e. The normalized spacial score (nSPS) is 12.6. The molecule has 1 aromatic carbocycles. The van der Waals surface area contributed by atoms with Crippen LogP contribution >= 0.6 is 0 Å². The van der Waals surface area contributed by atoms with Gasteiger partial charge < -0.3 is 10.1 Å². The van der Waals surface area contributed by atoms with Gasteiger partial charge in [-0.25, -0.2) is 9.97 Å². The minimum Gasteiger partial charge on any atom is -0.406 e. The van der Waals surface area contributed by atoms with Crippen molar-refractivity contribution in [3.63, 3.8) is 0 Å². The fourth-order valence-corrected chi connectivity index (χ4v) is 3.54. The number of carbonyl (C=O) groups excluding carboxylic acids is 1. The van der Waals surface area contributed by atoms with Crippen LogP contribution in [-0.2, 0) is 11.2 Å². The van der Waals surface area contributed by atoms with Crippen LogP contribution in [0.15, 0.2) is 42.9 Å². The first-order chi connectivity index (χ1) is 16.5. The largest absolute Gasteiger partial charge is 0.573 e. The van der Waals surface area contributed by atoms with Gasteiger partial charge in [-0.3, -0.25) is 9.36 Å². The molecular formula is C25H30F3N5O2. The summed E-state index contributed by atoms with van der Waals surface area (Å²) in [6.07, 6.45) is 1.92. The lowest BCUT2D eigenvalue weighted by atomic mass is 10.0. The minimum atomic E-state index is -4.74. The summed E-state index contributed by atoms with van der Waals surface area (Å²) in [7, 11) is 0. The number of imidazole rings is 1. The van der Waals surface area contributed by atoms with Crippen molar-refractivity contribution in [2.24, 2.45) is 5.92 Å². The lowest BCUT2D eigenvalue weighted by Crippen LogP contribution is -2.29. The summed E-state index contributed by atoms with van der Waals surface area (Å²) in [4.78, 5) is 25.8. The Morgan fingerprint density at radius 2 is 1.89 bits per heavy atom. The summed E-state index contributed by atoms with van der Waals surface area (Å²) in [5.41, 5.74) is 2.00. The summed E-state index contributed by atoms with van der Waals surface area (Å²) in [5, 5.41) is 3.26. The average molecular weight is 490 g/mol. The highest BCUT2D eigenvalue weighted by Gasteiger charge is 2.31. The van der Waals surface area contributed by atoms with Crippen LogP contribution in [0.2, 0.25) is 0 Å². The van der Waals surface area contributed by atoms with E-state index in [1.54, 1.807) is 24.0 Å². The van der Waals surface area contributed by atoms with Crippen molar-refractivity contribution in [3.05, 3.63) is 48.5 Å². The molecule has 1 unspecified atom stereocenters. The number of rotatable bonds is 11. The topological polar surface area (TPSA) is 81.9 Å². The van der Waals surface area contributed by atoms with Gasteiger partial charge in [0.15, 0.2) is 5.78 Å². The zero-order chi connectivity index (χ0) is 25.6. The molecule has 0 spiro atoms. The lowest BCUT2D eigenvalue weighted by molar-refractivity contribution is -0.274. The van der Waals surface area contributed by atoms with Gasteiger partial charge in [0.25, 0.3) is 0 Å². The van der Waals surface area contributed by atoms with Crippen LogP contribution in [0.5, 0.6) is 5.75 Å². The first-order valence-electron chi connectivity index (χ1n) is 11.6. The molecule has 7 nitrogen and oxygen atoms in total. The summed E-state index contributed by atoms with van der Waals surface area (Å²) >= 11 is 0. The molecule has 1 N–H and O–H groups in total. The van der Waals surface area contributed by atoms with Crippen molar-refractivity contribution in [2.75, 3.05) is 5.32 Å². The molecule has 35 heavy (non-hydrogen) atoms. The van der Waals surface area contributed by atoms with Crippen LogP contribution < -0.4 is 10.1 Å². The highest BCUT2D eigenvalue weighted by atomic mass is 19.4. The monoisotopic (exact) mass is 489 g/mol. The molecule has 0 radical (unpaired) electrons. The Bertz CT molecular complexity index is 1130. The van der Waals surface area contributed by atoms with Gasteiger partial charge in [0.05, 0.1) is 11.7 Å². The van der Waals surface area contributed by atoms with E-state index in [1.165, 1.54) is 24.3 Å². The molecule has 10 heteroatoms. The number of ether oxygens (including phenoxy) is 1.